The second kappa shape index (κ2) is 11.6. The highest BCUT2D eigenvalue weighted by Crippen LogP contribution is 2.36. The highest BCUT2D eigenvalue weighted by molar-refractivity contribution is 6.32. The summed E-state index contributed by atoms with van der Waals surface area (Å²) in [4.78, 5) is 61.4. The summed E-state index contributed by atoms with van der Waals surface area (Å²) in [5.41, 5.74) is 0.148. The van der Waals surface area contributed by atoms with Crippen LogP contribution in [0.5, 0.6) is 11.5 Å². The van der Waals surface area contributed by atoms with E-state index >= 15 is 4.39 Å². The second-order valence-corrected chi connectivity index (χ2v) is 9.36. The summed E-state index contributed by atoms with van der Waals surface area (Å²) in [5, 5.41) is 16.4. The summed E-state index contributed by atoms with van der Waals surface area (Å²) in [6, 6.07) is 3.84. The first-order valence-electron chi connectivity index (χ1n) is 11.9. The Hall–Kier alpha value is -4.65. The topological polar surface area (TPSA) is 163 Å². The van der Waals surface area contributed by atoms with Crippen molar-refractivity contribution in [1.82, 2.24) is 15.5 Å². The number of hydrogen-bond acceptors (Lipinski definition) is 7. The second-order valence-electron chi connectivity index (χ2n) is 8.95. The Morgan fingerprint density at radius 3 is 2.67 bits per heavy atom. The highest BCUT2D eigenvalue weighted by atomic mass is 35.5. The minimum atomic E-state index is -1.26. The van der Waals surface area contributed by atoms with Gasteiger partial charge in [-0.05, 0) is 12.5 Å². The fraction of sp³-hybridized carbons (Fsp3) is 0.269. The maximum absolute atomic E-state index is 15.4. The third kappa shape index (κ3) is 5.83. The van der Waals surface area contributed by atoms with E-state index in [1.54, 1.807) is 0 Å². The van der Waals surface area contributed by atoms with Crippen molar-refractivity contribution in [2.75, 3.05) is 19.0 Å². The maximum Gasteiger partial charge on any atom is 0.334 e. The molecule has 0 radical (unpaired) electrons. The number of methoxy groups -OCH3 is 1. The number of benzene rings is 2. The van der Waals surface area contributed by atoms with Gasteiger partial charge in [0.2, 0.25) is 11.8 Å². The molecule has 2 aliphatic heterocycles. The number of nitrogens with zero attached hydrogens (tertiary/aromatic N) is 1. The van der Waals surface area contributed by atoms with Gasteiger partial charge in [0.15, 0.2) is 0 Å². The number of fused-ring (bicyclic) bond motifs is 1. The fourth-order valence-electron chi connectivity index (χ4n) is 4.27. The Morgan fingerprint density at radius 2 is 2.00 bits per heavy atom. The Bertz CT molecular complexity index is 1450. The first kappa shape index (κ1) is 28.4. The Labute approximate surface area is 232 Å². The first-order valence-corrected chi connectivity index (χ1v) is 12.3. The van der Waals surface area contributed by atoms with Gasteiger partial charge < -0.3 is 30.1 Å². The van der Waals surface area contributed by atoms with Crippen LogP contribution >= 0.6 is 11.6 Å². The van der Waals surface area contributed by atoms with E-state index in [4.69, 9.17) is 26.2 Å². The number of piperidine rings is 1. The molecule has 2 aromatic rings. The van der Waals surface area contributed by atoms with E-state index in [1.807, 2.05) is 0 Å². The molecule has 40 heavy (non-hydrogen) atoms. The summed E-state index contributed by atoms with van der Waals surface area (Å²) in [7, 11) is 1.36. The number of carbonyl (C=O) groups excluding carboxylic acids is 4. The summed E-state index contributed by atoms with van der Waals surface area (Å²) < 4.78 is 26.0. The van der Waals surface area contributed by atoms with Crippen molar-refractivity contribution in [2.24, 2.45) is 0 Å². The van der Waals surface area contributed by atoms with Gasteiger partial charge in [-0.15, -0.1) is 0 Å². The van der Waals surface area contributed by atoms with E-state index in [0.717, 1.165) is 0 Å². The van der Waals surface area contributed by atoms with Crippen LogP contribution < -0.4 is 25.4 Å². The number of rotatable bonds is 9. The number of halogens is 2. The number of urea groups is 1. The predicted octanol–water partition coefficient (Wildman–Crippen LogP) is 2.59. The molecule has 1 fully saturated rings. The standard InChI is InChI=1S/C26H24ClFN4O8/c1-12(25(36)37)11-40-20-7-16(27)19(39-2)8-17(20)30-26(38)29-9-13-3-4-14-15(22(13)28)10-32(24(14)35)18-5-6-21(33)31-23(18)34/h3-4,7-8,18H,1,5-6,9-11H2,2H3,(H,36,37)(H2,29,30,38)(H,31,33,34). The third-order valence-electron chi connectivity index (χ3n) is 6.38. The molecule has 2 aliphatic rings. The molecule has 2 aromatic carbocycles. The van der Waals surface area contributed by atoms with Crippen LogP contribution in [0.3, 0.4) is 0 Å². The van der Waals surface area contributed by atoms with Gasteiger partial charge in [0.1, 0.15) is 30.0 Å². The number of nitrogens with one attached hydrogen (secondary N) is 3. The number of carbonyl (C=O) groups is 5. The zero-order chi connectivity index (χ0) is 29.1. The van der Waals surface area contributed by atoms with E-state index in [-0.39, 0.29) is 77.0 Å². The van der Waals surface area contributed by atoms with Crippen LogP contribution in [0.1, 0.15) is 34.3 Å². The number of ether oxygens (including phenoxy) is 2. The molecular weight excluding hydrogens is 551 g/mol. The summed E-state index contributed by atoms with van der Waals surface area (Å²) in [6.07, 6.45) is 0.218. The number of carboxylic acid groups (broad SMARTS) is 1. The maximum atomic E-state index is 15.4. The molecule has 0 bridgehead atoms. The van der Waals surface area contributed by atoms with Crippen molar-refractivity contribution in [3.63, 3.8) is 0 Å². The molecule has 14 heteroatoms. The van der Waals surface area contributed by atoms with Crippen molar-refractivity contribution >= 4 is 47.0 Å². The lowest BCUT2D eigenvalue weighted by Gasteiger charge is -2.29. The molecule has 0 aromatic heterocycles. The van der Waals surface area contributed by atoms with Crippen molar-refractivity contribution in [3.05, 3.63) is 63.9 Å². The molecule has 0 spiro atoms. The average Bonchev–Trinajstić information content (AvgIpc) is 3.24. The van der Waals surface area contributed by atoms with Crippen LogP contribution in [0.25, 0.3) is 0 Å². The van der Waals surface area contributed by atoms with Crippen LogP contribution in [0.15, 0.2) is 36.4 Å². The molecule has 12 nitrogen and oxygen atoms in total. The van der Waals surface area contributed by atoms with Crippen LogP contribution in [-0.2, 0) is 27.5 Å². The van der Waals surface area contributed by atoms with Gasteiger partial charge in [0.05, 0.1) is 29.9 Å². The summed E-state index contributed by atoms with van der Waals surface area (Å²) >= 11 is 6.13. The highest BCUT2D eigenvalue weighted by Gasteiger charge is 2.40. The van der Waals surface area contributed by atoms with Crippen LogP contribution in [0.4, 0.5) is 14.9 Å². The lowest BCUT2D eigenvalue weighted by atomic mass is 10.0. The number of aliphatic carboxylic acids is 1. The van der Waals surface area contributed by atoms with E-state index in [0.29, 0.717) is 0 Å². The first-order chi connectivity index (χ1) is 19.0. The SMILES string of the molecule is C=C(COc1cc(Cl)c(OC)cc1NC(=O)NCc1ccc2c(c1F)CN(C1CCC(=O)NC1=O)C2=O)C(=O)O. The zero-order valence-electron chi connectivity index (χ0n) is 21.1. The smallest absolute Gasteiger partial charge is 0.334 e. The van der Waals surface area contributed by atoms with Crippen molar-refractivity contribution in [2.45, 2.75) is 32.0 Å². The molecule has 0 aliphatic carbocycles. The molecule has 1 saturated heterocycles. The number of imide groups is 1. The van der Waals surface area contributed by atoms with Crippen molar-refractivity contribution in [1.29, 1.82) is 0 Å². The molecule has 1 unspecified atom stereocenters. The normalized spacial score (nSPS) is 16.2. The van der Waals surface area contributed by atoms with Gasteiger partial charge in [-0.3, -0.25) is 19.7 Å². The van der Waals surface area contributed by atoms with E-state index in [9.17, 15) is 24.0 Å². The quantitative estimate of drug-likeness (QED) is 0.262. The largest absolute Gasteiger partial charge is 0.495 e. The monoisotopic (exact) mass is 574 g/mol. The zero-order valence-corrected chi connectivity index (χ0v) is 21.9. The number of amides is 5. The molecule has 5 amide bonds. The lowest BCUT2D eigenvalue weighted by Crippen LogP contribution is -2.52. The summed E-state index contributed by atoms with van der Waals surface area (Å²) in [6.45, 7) is 2.58. The third-order valence-corrected chi connectivity index (χ3v) is 6.67. The molecule has 210 valence electrons. The Balaban J connectivity index is 1.44. The van der Waals surface area contributed by atoms with Gasteiger partial charge in [-0.2, -0.15) is 0 Å². The fourth-order valence-corrected chi connectivity index (χ4v) is 4.50. The number of hydrogen-bond donors (Lipinski definition) is 4. The molecule has 0 saturated carbocycles. The number of anilines is 1. The molecule has 4 N–H and O–H groups in total. The van der Waals surface area contributed by atoms with Crippen LogP contribution in [-0.4, -0.2) is 59.5 Å². The Kier molecular flexibility index (Phi) is 8.24. The van der Waals surface area contributed by atoms with E-state index < -0.39 is 41.6 Å². The van der Waals surface area contributed by atoms with Crippen LogP contribution in [0.2, 0.25) is 5.02 Å². The lowest BCUT2D eigenvalue weighted by molar-refractivity contribution is -0.137. The summed E-state index contributed by atoms with van der Waals surface area (Å²) in [5.74, 6) is -3.27. The van der Waals surface area contributed by atoms with Gasteiger partial charge in [0, 0.05) is 41.8 Å². The van der Waals surface area contributed by atoms with Crippen LogP contribution in [0, 0.1) is 5.82 Å². The Morgan fingerprint density at radius 1 is 1.25 bits per heavy atom. The van der Waals surface area contributed by atoms with Gasteiger partial charge in [-0.25, -0.2) is 14.0 Å². The van der Waals surface area contributed by atoms with Crippen molar-refractivity contribution < 1.29 is 42.9 Å². The molecular formula is C26H24ClFN4O8. The molecule has 1 atom stereocenters. The average molecular weight is 575 g/mol. The van der Waals surface area contributed by atoms with Gasteiger partial charge in [0.25, 0.3) is 5.91 Å². The van der Waals surface area contributed by atoms with Gasteiger partial charge in [-0.1, -0.05) is 24.2 Å². The predicted molar refractivity (Wildman–Crippen MR) is 139 cm³/mol. The minimum Gasteiger partial charge on any atom is -0.495 e. The molecule has 4 rings (SSSR count). The number of carboxylic acids is 1. The minimum absolute atomic E-state index is 0.0408. The van der Waals surface area contributed by atoms with Crippen molar-refractivity contribution in [3.8, 4) is 11.5 Å². The molecule has 2 heterocycles. The van der Waals surface area contributed by atoms with E-state index in [1.165, 1.54) is 36.3 Å². The van der Waals surface area contributed by atoms with E-state index in [2.05, 4.69) is 22.5 Å². The van der Waals surface area contributed by atoms with Gasteiger partial charge >= 0.3 is 12.0 Å².